The van der Waals surface area contributed by atoms with Gasteiger partial charge >= 0.3 is 0 Å². The zero-order valence-electron chi connectivity index (χ0n) is 9.16. The maximum Gasteiger partial charge on any atom is 0.0408 e. The van der Waals surface area contributed by atoms with Gasteiger partial charge in [0.2, 0.25) is 0 Å². The second-order valence-electron chi connectivity index (χ2n) is 3.75. The summed E-state index contributed by atoms with van der Waals surface area (Å²) in [6.45, 7) is 3.91. The van der Waals surface area contributed by atoms with E-state index in [1.54, 1.807) is 11.3 Å². The molecule has 0 aliphatic carbocycles. The topological polar surface area (TPSA) is 12.0 Å². The molecule has 0 fully saturated rings. The number of rotatable bonds is 4. The fraction of sp³-hybridized carbons (Fsp3) is 0.231. The third-order valence-corrected chi connectivity index (χ3v) is 3.61. The summed E-state index contributed by atoms with van der Waals surface area (Å²) in [7, 11) is 0. The van der Waals surface area contributed by atoms with Crippen LogP contribution in [0.15, 0.2) is 35.7 Å². The predicted molar refractivity (Wildman–Crippen MR) is 71.1 cm³/mol. The SMILES string of the molecule is Cc1cc(Cl)ccc1CNCc1cccs1. The Morgan fingerprint density at radius 2 is 2.12 bits per heavy atom. The summed E-state index contributed by atoms with van der Waals surface area (Å²) in [6, 6.07) is 10.3. The van der Waals surface area contributed by atoms with Gasteiger partial charge < -0.3 is 5.32 Å². The standard InChI is InChI=1S/C13H14ClNS/c1-10-7-12(14)5-4-11(10)8-15-9-13-3-2-6-16-13/h2-7,15H,8-9H2,1H3. The zero-order valence-corrected chi connectivity index (χ0v) is 10.7. The fourth-order valence-electron chi connectivity index (χ4n) is 1.59. The average molecular weight is 252 g/mol. The van der Waals surface area contributed by atoms with E-state index in [-0.39, 0.29) is 0 Å². The van der Waals surface area contributed by atoms with Crippen molar-refractivity contribution in [2.75, 3.05) is 0 Å². The molecule has 84 valence electrons. The molecular formula is C13H14ClNS. The van der Waals surface area contributed by atoms with E-state index < -0.39 is 0 Å². The summed E-state index contributed by atoms with van der Waals surface area (Å²) in [4.78, 5) is 1.37. The normalized spacial score (nSPS) is 10.6. The molecule has 1 nitrogen and oxygen atoms in total. The van der Waals surface area contributed by atoms with Gasteiger partial charge in [-0.3, -0.25) is 0 Å². The number of thiophene rings is 1. The van der Waals surface area contributed by atoms with Crippen molar-refractivity contribution in [1.82, 2.24) is 5.32 Å². The Hall–Kier alpha value is -0.830. The van der Waals surface area contributed by atoms with Crippen LogP contribution >= 0.6 is 22.9 Å². The van der Waals surface area contributed by atoms with Crippen molar-refractivity contribution in [3.05, 3.63) is 56.7 Å². The summed E-state index contributed by atoms with van der Waals surface area (Å²) >= 11 is 7.69. The first-order valence-electron chi connectivity index (χ1n) is 5.24. The molecule has 0 amide bonds. The number of benzene rings is 1. The van der Waals surface area contributed by atoms with Gasteiger partial charge in [0.15, 0.2) is 0 Å². The number of hydrogen-bond donors (Lipinski definition) is 1. The van der Waals surface area contributed by atoms with Crippen LogP contribution in [0, 0.1) is 6.92 Å². The van der Waals surface area contributed by atoms with Crippen molar-refractivity contribution < 1.29 is 0 Å². The molecule has 0 unspecified atom stereocenters. The second-order valence-corrected chi connectivity index (χ2v) is 5.22. The van der Waals surface area contributed by atoms with E-state index >= 15 is 0 Å². The summed E-state index contributed by atoms with van der Waals surface area (Å²) in [6.07, 6.45) is 0. The molecule has 2 rings (SSSR count). The first-order chi connectivity index (χ1) is 7.75. The van der Waals surface area contributed by atoms with Crippen molar-refractivity contribution in [1.29, 1.82) is 0 Å². The molecular weight excluding hydrogens is 238 g/mol. The van der Waals surface area contributed by atoms with Crippen LogP contribution in [0.3, 0.4) is 0 Å². The highest BCUT2D eigenvalue weighted by molar-refractivity contribution is 7.09. The lowest BCUT2D eigenvalue weighted by molar-refractivity contribution is 0.698. The Morgan fingerprint density at radius 3 is 2.81 bits per heavy atom. The molecule has 1 heterocycles. The van der Waals surface area contributed by atoms with E-state index in [0.29, 0.717) is 0 Å². The molecule has 1 aromatic carbocycles. The molecule has 16 heavy (non-hydrogen) atoms. The van der Waals surface area contributed by atoms with E-state index in [4.69, 9.17) is 11.6 Å². The van der Waals surface area contributed by atoms with Gasteiger partial charge in [-0.1, -0.05) is 23.7 Å². The Bertz CT molecular complexity index is 451. The van der Waals surface area contributed by atoms with Crippen LogP contribution in [-0.4, -0.2) is 0 Å². The van der Waals surface area contributed by atoms with Crippen LogP contribution in [0.4, 0.5) is 0 Å². The van der Waals surface area contributed by atoms with Gasteiger partial charge in [-0.2, -0.15) is 0 Å². The summed E-state index contributed by atoms with van der Waals surface area (Å²) in [5.41, 5.74) is 2.55. The molecule has 3 heteroatoms. The van der Waals surface area contributed by atoms with Gasteiger partial charge in [-0.25, -0.2) is 0 Å². The summed E-state index contributed by atoms with van der Waals surface area (Å²) < 4.78 is 0. The Kier molecular flexibility index (Phi) is 3.99. The van der Waals surface area contributed by atoms with Crippen molar-refractivity contribution in [3.63, 3.8) is 0 Å². The van der Waals surface area contributed by atoms with E-state index in [9.17, 15) is 0 Å². The zero-order chi connectivity index (χ0) is 11.4. The average Bonchev–Trinajstić information content (AvgIpc) is 2.74. The van der Waals surface area contributed by atoms with Gasteiger partial charge in [0.25, 0.3) is 0 Å². The highest BCUT2D eigenvalue weighted by atomic mass is 35.5. The molecule has 1 N–H and O–H groups in total. The van der Waals surface area contributed by atoms with E-state index in [1.807, 2.05) is 12.1 Å². The molecule has 0 saturated heterocycles. The molecule has 0 atom stereocenters. The van der Waals surface area contributed by atoms with E-state index in [2.05, 4.69) is 35.8 Å². The molecule has 0 aliphatic rings. The number of nitrogens with one attached hydrogen (secondary N) is 1. The van der Waals surface area contributed by atoms with Crippen molar-refractivity contribution in [3.8, 4) is 0 Å². The van der Waals surface area contributed by atoms with Crippen molar-refractivity contribution >= 4 is 22.9 Å². The Morgan fingerprint density at radius 1 is 1.25 bits per heavy atom. The molecule has 0 bridgehead atoms. The van der Waals surface area contributed by atoms with Gasteiger partial charge in [0, 0.05) is 23.0 Å². The monoisotopic (exact) mass is 251 g/mol. The fourth-order valence-corrected chi connectivity index (χ4v) is 2.49. The van der Waals surface area contributed by atoms with Crippen molar-refractivity contribution in [2.45, 2.75) is 20.0 Å². The van der Waals surface area contributed by atoms with Gasteiger partial charge in [0.05, 0.1) is 0 Å². The van der Waals surface area contributed by atoms with Gasteiger partial charge in [-0.15, -0.1) is 11.3 Å². The number of hydrogen-bond acceptors (Lipinski definition) is 2. The number of aryl methyl sites for hydroxylation is 1. The maximum atomic E-state index is 5.91. The van der Waals surface area contributed by atoms with Crippen molar-refractivity contribution in [2.24, 2.45) is 0 Å². The third kappa shape index (κ3) is 3.08. The minimum atomic E-state index is 0.805. The van der Waals surface area contributed by atoms with E-state index in [1.165, 1.54) is 16.0 Å². The Balaban J connectivity index is 1.90. The lowest BCUT2D eigenvalue weighted by Gasteiger charge is -2.07. The lowest BCUT2D eigenvalue weighted by atomic mass is 10.1. The third-order valence-electron chi connectivity index (χ3n) is 2.50. The first-order valence-corrected chi connectivity index (χ1v) is 6.49. The van der Waals surface area contributed by atoms with Crippen LogP contribution in [0.25, 0.3) is 0 Å². The summed E-state index contributed by atoms with van der Waals surface area (Å²) in [5.74, 6) is 0. The van der Waals surface area contributed by atoms with Gasteiger partial charge in [-0.05, 0) is 41.6 Å². The van der Waals surface area contributed by atoms with Crippen LogP contribution in [-0.2, 0) is 13.1 Å². The van der Waals surface area contributed by atoms with E-state index in [0.717, 1.165) is 18.1 Å². The first kappa shape index (κ1) is 11.6. The molecule has 0 radical (unpaired) electrons. The molecule has 1 aromatic heterocycles. The quantitative estimate of drug-likeness (QED) is 0.866. The molecule has 2 aromatic rings. The van der Waals surface area contributed by atoms with Crippen LogP contribution in [0.5, 0.6) is 0 Å². The maximum absolute atomic E-state index is 5.91. The van der Waals surface area contributed by atoms with Gasteiger partial charge in [0.1, 0.15) is 0 Å². The lowest BCUT2D eigenvalue weighted by Crippen LogP contribution is -2.12. The highest BCUT2D eigenvalue weighted by Gasteiger charge is 1.99. The molecule has 0 saturated carbocycles. The minimum Gasteiger partial charge on any atom is -0.308 e. The van der Waals surface area contributed by atoms with Crippen LogP contribution < -0.4 is 5.32 Å². The predicted octanol–water partition coefficient (Wildman–Crippen LogP) is 4.00. The highest BCUT2D eigenvalue weighted by Crippen LogP contribution is 2.15. The smallest absolute Gasteiger partial charge is 0.0408 e. The Labute approximate surface area is 105 Å². The minimum absolute atomic E-state index is 0.805. The molecule has 0 spiro atoms. The largest absolute Gasteiger partial charge is 0.308 e. The van der Waals surface area contributed by atoms with Crippen LogP contribution in [0.2, 0.25) is 5.02 Å². The number of halogens is 1. The summed E-state index contributed by atoms with van der Waals surface area (Å²) in [5, 5.41) is 6.34. The molecule has 0 aliphatic heterocycles. The van der Waals surface area contributed by atoms with Crippen LogP contribution in [0.1, 0.15) is 16.0 Å². The second kappa shape index (κ2) is 5.48.